The fourth-order valence-electron chi connectivity index (χ4n) is 3.84. The van der Waals surface area contributed by atoms with Gasteiger partial charge in [-0.15, -0.1) is 11.3 Å². The molecule has 3 heterocycles. The molecular formula is C23H17N5OS. The van der Waals surface area contributed by atoms with E-state index in [-0.39, 0.29) is 18.0 Å². The van der Waals surface area contributed by atoms with Crippen molar-refractivity contribution in [3.63, 3.8) is 0 Å². The van der Waals surface area contributed by atoms with Gasteiger partial charge in [0.15, 0.2) is 0 Å². The lowest BCUT2D eigenvalue weighted by molar-refractivity contribution is 0.242. The van der Waals surface area contributed by atoms with Crippen molar-refractivity contribution in [3.05, 3.63) is 76.2 Å². The van der Waals surface area contributed by atoms with E-state index in [9.17, 15) is 4.79 Å². The fraction of sp³-hybridized carbons (Fsp3) is 0.130. The Balaban J connectivity index is 1.54. The molecule has 5 rings (SSSR count). The first kappa shape index (κ1) is 18.3. The van der Waals surface area contributed by atoms with Crippen LogP contribution in [0.4, 0.5) is 4.79 Å². The van der Waals surface area contributed by atoms with Gasteiger partial charge in [0.1, 0.15) is 5.01 Å². The molecule has 0 bridgehead atoms. The number of nitriles is 1. The summed E-state index contributed by atoms with van der Waals surface area (Å²) < 4.78 is 0. The summed E-state index contributed by atoms with van der Waals surface area (Å²) in [7, 11) is 0. The number of nitrogens with zero attached hydrogens (tertiary/aromatic N) is 3. The fourth-order valence-corrected chi connectivity index (χ4v) is 4.87. The zero-order chi connectivity index (χ0) is 20.7. The largest absolute Gasteiger partial charge is 0.357 e. The molecule has 0 saturated carbocycles. The Labute approximate surface area is 176 Å². The zero-order valence-electron chi connectivity index (χ0n) is 16.1. The minimum atomic E-state index is -0.337. The summed E-state index contributed by atoms with van der Waals surface area (Å²) in [5.41, 5.74) is 5.11. The van der Waals surface area contributed by atoms with Crippen molar-refractivity contribution in [1.82, 2.24) is 15.3 Å². The van der Waals surface area contributed by atoms with Gasteiger partial charge in [0.25, 0.3) is 0 Å². The third-order valence-corrected chi connectivity index (χ3v) is 6.25. The first-order chi connectivity index (χ1) is 14.6. The highest BCUT2D eigenvalue weighted by Gasteiger charge is 2.35. The molecule has 2 atom stereocenters. The number of hydrogen-bond donors (Lipinski definition) is 2. The smallest absolute Gasteiger partial charge is 0.341 e. The number of aromatic amines is 1. The van der Waals surface area contributed by atoms with Crippen LogP contribution in [0, 0.1) is 11.3 Å². The van der Waals surface area contributed by atoms with E-state index in [4.69, 9.17) is 10.2 Å². The minimum absolute atomic E-state index is 0.159. The molecule has 1 aliphatic rings. The lowest BCUT2D eigenvalue weighted by Crippen LogP contribution is -2.38. The second kappa shape index (κ2) is 7.25. The molecule has 2 aromatic carbocycles. The van der Waals surface area contributed by atoms with Crippen LogP contribution >= 0.6 is 11.3 Å². The number of aromatic nitrogens is 2. The number of hydrogen-bond acceptors (Lipinski definition) is 4. The Morgan fingerprint density at radius 2 is 1.93 bits per heavy atom. The summed E-state index contributed by atoms with van der Waals surface area (Å²) in [4.78, 5) is 24.6. The Bertz CT molecular complexity index is 1290. The van der Waals surface area contributed by atoms with E-state index in [1.165, 1.54) is 0 Å². The quantitative estimate of drug-likeness (QED) is 0.487. The van der Waals surface area contributed by atoms with Gasteiger partial charge >= 0.3 is 6.03 Å². The van der Waals surface area contributed by atoms with Gasteiger partial charge in [-0.2, -0.15) is 5.26 Å². The maximum atomic E-state index is 12.2. The molecule has 0 saturated heterocycles. The molecule has 0 radical (unpaired) electrons. The number of nitrogens with one attached hydrogen (secondary N) is 2. The number of fused-ring (bicyclic) bond motifs is 1. The first-order valence-corrected chi connectivity index (χ1v) is 10.4. The molecule has 30 heavy (non-hydrogen) atoms. The number of urea groups is 1. The molecule has 0 fully saturated rings. The number of benzene rings is 2. The van der Waals surface area contributed by atoms with Gasteiger partial charge in [-0.3, -0.25) is 0 Å². The van der Waals surface area contributed by atoms with Gasteiger partial charge in [0.05, 0.1) is 29.3 Å². The van der Waals surface area contributed by atoms with Crippen molar-refractivity contribution in [3.8, 4) is 17.3 Å². The molecule has 0 aliphatic carbocycles. The number of H-pyrrole nitrogens is 1. The van der Waals surface area contributed by atoms with Crippen molar-refractivity contribution in [2.45, 2.75) is 18.9 Å². The van der Waals surface area contributed by atoms with Crippen molar-refractivity contribution < 1.29 is 4.79 Å². The maximum absolute atomic E-state index is 12.2. The van der Waals surface area contributed by atoms with E-state index in [1.54, 1.807) is 23.5 Å². The molecule has 4 aromatic rings. The van der Waals surface area contributed by atoms with Gasteiger partial charge in [0.2, 0.25) is 0 Å². The second-order valence-corrected chi connectivity index (χ2v) is 8.12. The average Bonchev–Trinajstić information content (AvgIpc) is 3.40. The van der Waals surface area contributed by atoms with Gasteiger partial charge in [0, 0.05) is 27.9 Å². The van der Waals surface area contributed by atoms with Crippen LogP contribution < -0.4 is 5.32 Å². The molecule has 146 valence electrons. The number of rotatable bonds is 3. The molecule has 1 aliphatic heterocycles. The standard InChI is InChI=1S/C23H17N5OS/c1-13-20(22-27-19(12-30-22)15-8-6-14(11-24)7-9-15)21(28-23(29)25-13)18-10-16-4-2-3-5-17(16)26-18/h2-10,12,20-21,26H,1H3,(H,28,29). The SMILES string of the molecule is CC1=NC(=O)NC(c2cc3ccccc3[nH]2)C1c1nc(-c2ccc(C#N)cc2)cs1. The third kappa shape index (κ3) is 3.17. The highest BCUT2D eigenvalue weighted by atomic mass is 32.1. The molecule has 2 amide bonds. The average molecular weight is 411 g/mol. The van der Waals surface area contributed by atoms with E-state index in [0.29, 0.717) is 5.56 Å². The molecular weight excluding hydrogens is 394 g/mol. The van der Waals surface area contributed by atoms with E-state index >= 15 is 0 Å². The molecule has 0 spiro atoms. The summed E-state index contributed by atoms with van der Waals surface area (Å²) in [6.45, 7) is 1.88. The summed E-state index contributed by atoms with van der Waals surface area (Å²) in [5.74, 6) is -0.159. The van der Waals surface area contributed by atoms with Gasteiger partial charge in [-0.05, 0) is 36.6 Å². The first-order valence-electron chi connectivity index (χ1n) is 9.51. The van der Waals surface area contributed by atoms with E-state index in [2.05, 4.69) is 27.4 Å². The van der Waals surface area contributed by atoms with Gasteiger partial charge in [-0.1, -0.05) is 30.3 Å². The maximum Gasteiger partial charge on any atom is 0.341 e. The normalized spacial score (nSPS) is 18.7. The molecule has 2 unspecified atom stereocenters. The van der Waals surface area contributed by atoms with Gasteiger partial charge in [-0.25, -0.2) is 14.8 Å². The van der Waals surface area contributed by atoms with Crippen molar-refractivity contribution >= 4 is 34.0 Å². The van der Waals surface area contributed by atoms with E-state index < -0.39 is 0 Å². The Morgan fingerprint density at radius 3 is 2.70 bits per heavy atom. The summed E-state index contributed by atoms with van der Waals surface area (Å²) >= 11 is 1.55. The summed E-state index contributed by atoms with van der Waals surface area (Å²) in [6.07, 6.45) is 0. The molecule has 6 nitrogen and oxygen atoms in total. The minimum Gasteiger partial charge on any atom is -0.357 e. The second-order valence-electron chi connectivity index (χ2n) is 7.23. The Morgan fingerprint density at radius 1 is 1.13 bits per heavy atom. The Kier molecular flexibility index (Phi) is 4.42. The van der Waals surface area contributed by atoms with Crippen LogP contribution in [0.15, 0.2) is 65.0 Å². The van der Waals surface area contributed by atoms with Crippen LogP contribution in [0.2, 0.25) is 0 Å². The number of thiazole rings is 1. The number of amides is 2. The highest BCUT2D eigenvalue weighted by Crippen LogP contribution is 2.38. The zero-order valence-corrected chi connectivity index (χ0v) is 16.9. The molecule has 2 N–H and O–H groups in total. The van der Waals surface area contributed by atoms with E-state index in [1.807, 2.05) is 48.7 Å². The van der Waals surface area contributed by atoms with Gasteiger partial charge < -0.3 is 10.3 Å². The van der Waals surface area contributed by atoms with Crippen LogP contribution in [0.25, 0.3) is 22.2 Å². The van der Waals surface area contributed by atoms with Crippen LogP contribution in [0.5, 0.6) is 0 Å². The lowest BCUT2D eigenvalue weighted by atomic mass is 9.91. The number of para-hydroxylation sites is 1. The van der Waals surface area contributed by atoms with Crippen LogP contribution in [-0.4, -0.2) is 21.7 Å². The van der Waals surface area contributed by atoms with Crippen molar-refractivity contribution in [2.75, 3.05) is 0 Å². The predicted molar refractivity (Wildman–Crippen MR) is 118 cm³/mol. The Hall–Kier alpha value is -3.76. The monoisotopic (exact) mass is 411 g/mol. The summed E-state index contributed by atoms with van der Waals surface area (Å²) in [6, 6.07) is 19.0. The van der Waals surface area contributed by atoms with E-state index in [0.717, 1.165) is 38.6 Å². The number of aliphatic imine (C=N–C) groups is 1. The topological polar surface area (TPSA) is 93.9 Å². The number of carbonyl (C=O) groups is 1. The van der Waals surface area contributed by atoms with Crippen molar-refractivity contribution in [1.29, 1.82) is 5.26 Å². The highest BCUT2D eigenvalue weighted by molar-refractivity contribution is 7.10. The number of carbonyl (C=O) groups excluding carboxylic acids is 1. The summed E-state index contributed by atoms with van der Waals surface area (Å²) in [5, 5.41) is 16.0. The third-order valence-electron chi connectivity index (χ3n) is 5.32. The predicted octanol–water partition coefficient (Wildman–Crippen LogP) is 5.17. The lowest BCUT2D eigenvalue weighted by Gasteiger charge is -2.29. The van der Waals surface area contributed by atoms with Crippen LogP contribution in [0.1, 0.15) is 35.1 Å². The molecule has 2 aromatic heterocycles. The van der Waals surface area contributed by atoms with Crippen LogP contribution in [0.3, 0.4) is 0 Å². The molecule has 7 heteroatoms. The van der Waals surface area contributed by atoms with Crippen LogP contribution in [-0.2, 0) is 0 Å². The van der Waals surface area contributed by atoms with Crippen molar-refractivity contribution in [2.24, 2.45) is 4.99 Å².